The molecule has 0 bridgehead atoms. The van der Waals surface area contributed by atoms with E-state index in [-0.39, 0.29) is 4.90 Å². The minimum Gasteiger partial charge on any atom is -0.325 e. The minimum atomic E-state index is -3.71. The minimum absolute atomic E-state index is 0.0620. The predicted molar refractivity (Wildman–Crippen MR) is 91.8 cm³/mol. The van der Waals surface area contributed by atoms with Gasteiger partial charge in [-0.3, -0.25) is 4.79 Å². The summed E-state index contributed by atoms with van der Waals surface area (Å²) in [5, 5.41) is 3.02. The zero-order valence-corrected chi connectivity index (χ0v) is 14.1. The third kappa shape index (κ3) is 3.69. The normalized spacial score (nSPS) is 11.5. The molecule has 8 heteroatoms. The van der Waals surface area contributed by atoms with Crippen LogP contribution in [0.5, 0.6) is 0 Å². The Morgan fingerprint density at radius 1 is 1.17 bits per heavy atom. The number of thiazole rings is 1. The molecule has 0 spiro atoms. The summed E-state index contributed by atoms with van der Waals surface area (Å²) in [6.45, 7) is 0. The molecule has 1 aromatic heterocycles. The molecule has 0 aliphatic rings. The number of nitrogens with one attached hydrogen (secondary N) is 1. The summed E-state index contributed by atoms with van der Waals surface area (Å²) in [4.78, 5) is 16.2. The van der Waals surface area contributed by atoms with Crippen LogP contribution in [0.1, 0.15) is 0 Å². The first-order valence-corrected chi connectivity index (χ1v) is 9.46. The lowest BCUT2D eigenvalue weighted by molar-refractivity contribution is -0.113. The molecule has 1 heterocycles. The fraction of sp³-hybridized carbons (Fsp3) is 0.0667. The van der Waals surface area contributed by atoms with Crippen molar-refractivity contribution in [3.8, 4) is 0 Å². The number of sulfone groups is 1. The second kappa shape index (κ2) is 6.27. The Hall–Kier alpha value is -1.96. The monoisotopic (exact) mass is 366 g/mol. The van der Waals surface area contributed by atoms with Crippen molar-refractivity contribution in [1.82, 2.24) is 4.98 Å². The van der Waals surface area contributed by atoms with Crippen LogP contribution in [0.25, 0.3) is 10.2 Å². The number of anilines is 1. The SMILES string of the molecule is O=C(CS(=O)(=O)c1ccc(Cl)cc1)Nc1ccc2scnc2c1. The molecule has 23 heavy (non-hydrogen) atoms. The van der Waals surface area contributed by atoms with E-state index in [0.29, 0.717) is 10.7 Å². The molecule has 1 N–H and O–H groups in total. The van der Waals surface area contributed by atoms with Gasteiger partial charge in [0.25, 0.3) is 0 Å². The van der Waals surface area contributed by atoms with Crippen LogP contribution in [0.3, 0.4) is 0 Å². The molecule has 0 aliphatic heterocycles. The Balaban J connectivity index is 1.74. The molecule has 0 fully saturated rings. The van der Waals surface area contributed by atoms with Crippen LogP contribution in [-0.2, 0) is 14.6 Å². The highest BCUT2D eigenvalue weighted by Gasteiger charge is 2.19. The molecule has 0 atom stereocenters. The van der Waals surface area contributed by atoms with Crippen molar-refractivity contribution in [2.24, 2.45) is 0 Å². The number of benzene rings is 2. The van der Waals surface area contributed by atoms with Gasteiger partial charge < -0.3 is 5.32 Å². The number of carbonyl (C=O) groups excluding carboxylic acids is 1. The molecule has 0 saturated carbocycles. The molecule has 2 aromatic carbocycles. The summed E-state index contributed by atoms with van der Waals surface area (Å²) in [6, 6.07) is 11.0. The van der Waals surface area contributed by atoms with Crippen LogP contribution in [0.15, 0.2) is 52.9 Å². The second-order valence-corrected chi connectivity index (χ2v) is 8.11. The predicted octanol–water partition coefficient (Wildman–Crippen LogP) is 3.36. The molecule has 1 amide bonds. The Labute approximate surface area is 141 Å². The van der Waals surface area contributed by atoms with Crippen molar-refractivity contribution in [3.05, 3.63) is 53.0 Å². The number of nitrogens with zero attached hydrogens (tertiary/aromatic N) is 1. The van der Waals surface area contributed by atoms with E-state index in [1.165, 1.54) is 35.6 Å². The first-order chi connectivity index (χ1) is 10.9. The van der Waals surface area contributed by atoms with E-state index in [4.69, 9.17) is 11.6 Å². The number of fused-ring (bicyclic) bond motifs is 1. The van der Waals surface area contributed by atoms with Crippen LogP contribution >= 0.6 is 22.9 Å². The maximum atomic E-state index is 12.2. The molecule has 5 nitrogen and oxygen atoms in total. The smallest absolute Gasteiger partial charge is 0.239 e. The first-order valence-electron chi connectivity index (χ1n) is 6.55. The molecule has 0 saturated heterocycles. The highest BCUT2D eigenvalue weighted by molar-refractivity contribution is 7.92. The van der Waals surface area contributed by atoms with Gasteiger partial charge in [0.1, 0.15) is 5.75 Å². The molecular weight excluding hydrogens is 356 g/mol. The zero-order chi connectivity index (χ0) is 16.4. The van der Waals surface area contributed by atoms with Crippen molar-refractivity contribution >= 4 is 54.6 Å². The summed E-state index contributed by atoms with van der Waals surface area (Å²) in [6.07, 6.45) is 0. The topological polar surface area (TPSA) is 76.1 Å². The van der Waals surface area contributed by atoms with Gasteiger partial charge in [0.2, 0.25) is 5.91 Å². The highest BCUT2D eigenvalue weighted by Crippen LogP contribution is 2.22. The molecule has 118 valence electrons. The van der Waals surface area contributed by atoms with E-state index < -0.39 is 21.5 Å². The van der Waals surface area contributed by atoms with Crippen LogP contribution in [0, 0.1) is 0 Å². The maximum absolute atomic E-state index is 12.2. The summed E-state index contributed by atoms with van der Waals surface area (Å²) >= 11 is 7.23. The third-order valence-electron chi connectivity index (χ3n) is 3.11. The van der Waals surface area contributed by atoms with E-state index in [0.717, 1.165) is 10.2 Å². The standard InChI is InChI=1S/C15H11ClN2O3S2/c16-10-1-4-12(5-2-10)23(20,21)8-15(19)18-11-3-6-14-13(7-11)17-9-22-14/h1-7,9H,8H2,(H,18,19). The van der Waals surface area contributed by atoms with Gasteiger partial charge in [0.05, 0.1) is 20.6 Å². The van der Waals surface area contributed by atoms with Gasteiger partial charge in [-0.15, -0.1) is 11.3 Å². The van der Waals surface area contributed by atoms with E-state index in [1.54, 1.807) is 17.6 Å². The van der Waals surface area contributed by atoms with Gasteiger partial charge in [0.15, 0.2) is 9.84 Å². The molecule has 3 rings (SSSR count). The van der Waals surface area contributed by atoms with E-state index in [9.17, 15) is 13.2 Å². The van der Waals surface area contributed by atoms with Crippen molar-refractivity contribution in [3.63, 3.8) is 0 Å². The van der Waals surface area contributed by atoms with Crippen molar-refractivity contribution in [1.29, 1.82) is 0 Å². The van der Waals surface area contributed by atoms with E-state index in [2.05, 4.69) is 10.3 Å². The van der Waals surface area contributed by atoms with E-state index in [1.807, 2.05) is 6.07 Å². The van der Waals surface area contributed by atoms with Crippen molar-refractivity contribution in [2.75, 3.05) is 11.1 Å². The lowest BCUT2D eigenvalue weighted by Gasteiger charge is -2.07. The van der Waals surface area contributed by atoms with Crippen LogP contribution in [0.4, 0.5) is 5.69 Å². The number of hydrogen-bond donors (Lipinski definition) is 1. The van der Waals surface area contributed by atoms with Gasteiger partial charge in [-0.05, 0) is 42.5 Å². The number of rotatable bonds is 4. The van der Waals surface area contributed by atoms with Gasteiger partial charge in [-0.1, -0.05) is 11.6 Å². The molecule has 0 aliphatic carbocycles. The van der Waals surface area contributed by atoms with Crippen LogP contribution < -0.4 is 5.32 Å². The lowest BCUT2D eigenvalue weighted by Crippen LogP contribution is -2.23. The quantitative estimate of drug-likeness (QED) is 0.768. The number of carbonyl (C=O) groups is 1. The Bertz CT molecular complexity index is 966. The average molecular weight is 367 g/mol. The Morgan fingerprint density at radius 2 is 1.91 bits per heavy atom. The van der Waals surface area contributed by atoms with Gasteiger partial charge in [-0.2, -0.15) is 0 Å². The fourth-order valence-corrected chi connectivity index (χ4v) is 3.95. The van der Waals surface area contributed by atoms with Gasteiger partial charge in [-0.25, -0.2) is 13.4 Å². The summed E-state index contributed by atoms with van der Waals surface area (Å²) in [7, 11) is -3.71. The van der Waals surface area contributed by atoms with Gasteiger partial charge >= 0.3 is 0 Å². The largest absolute Gasteiger partial charge is 0.325 e. The van der Waals surface area contributed by atoms with Crippen LogP contribution in [0.2, 0.25) is 5.02 Å². The molecule has 0 unspecified atom stereocenters. The highest BCUT2D eigenvalue weighted by atomic mass is 35.5. The summed E-state index contributed by atoms with van der Waals surface area (Å²) in [5.74, 6) is -1.24. The van der Waals surface area contributed by atoms with Crippen LogP contribution in [-0.4, -0.2) is 25.1 Å². The molecule has 0 radical (unpaired) electrons. The van der Waals surface area contributed by atoms with Crippen molar-refractivity contribution in [2.45, 2.75) is 4.90 Å². The number of hydrogen-bond acceptors (Lipinski definition) is 5. The lowest BCUT2D eigenvalue weighted by atomic mass is 10.3. The Morgan fingerprint density at radius 3 is 2.65 bits per heavy atom. The van der Waals surface area contributed by atoms with E-state index >= 15 is 0 Å². The average Bonchev–Trinajstić information content (AvgIpc) is 2.94. The maximum Gasteiger partial charge on any atom is 0.239 e. The van der Waals surface area contributed by atoms with Gasteiger partial charge in [0, 0.05) is 10.7 Å². The number of amides is 1. The molecule has 3 aromatic rings. The Kier molecular flexibility index (Phi) is 4.34. The first kappa shape index (κ1) is 15.9. The number of halogens is 1. The number of aromatic nitrogens is 1. The second-order valence-electron chi connectivity index (χ2n) is 4.80. The summed E-state index contributed by atoms with van der Waals surface area (Å²) in [5.41, 5.74) is 2.98. The third-order valence-corrected chi connectivity index (χ3v) is 5.80. The zero-order valence-electron chi connectivity index (χ0n) is 11.7. The summed E-state index contributed by atoms with van der Waals surface area (Å²) < 4.78 is 25.4. The van der Waals surface area contributed by atoms with Crippen molar-refractivity contribution < 1.29 is 13.2 Å². The fourth-order valence-electron chi connectivity index (χ4n) is 2.03. The molecular formula is C15H11ClN2O3S2.